The molecule has 0 unspecified atom stereocenters. The van der Waals surface area contributed by atoms with Crippen molar-refractivity contribution < 1.29 is 19.1 Å². The van der Waals surface area contributed by atoms with Crippen molar-refractivity contribution in [2.75, 3.05) is 7.11 Å². The van der Waals surface area contributed by atoms with Gasteiger partial charge in [0.25, 0.3) is 0 Å². The van der Waals surface area contributed by atoms with Crippen molar-refractivity contribution in [3.63, 3.8) is 0 Å². The number of dihydropyridines is 1. The molecule has 170 valence electrons. The van der Waals surface area contributed by atoms with Gasteiger partial charge >= 0.3 is 5.97 Å². The van der Waals surface area contributed by atoms with Crippen LogP contribution in [0.4, 0.5) is 0 Å². The summed E-state index contributed by atoms with van der Waals surface area (Å²) in [5, 5.41) is 3.29. The van der Waals surface area contributed by atoms with Crippen LogP contribution in [0.1, 0.15) is 39.9 Å². The number of Topliss-reactive ketones (excluding diaryl/α,β-unsaturated/α-hetero) is 1. The van der Waals surface area contributed by atoms with Gasteiger partial charge in [0.15, 0.2) is 5.78 Å². The van der Waals surface area contributed by atoms with Crippen LogP contribution in [0.3, 0.4) is 0 Å². The number of rotatable bonds is 5. The summed E-state index contributed by atoms with van der Waals surface area (Å²) in [5.74, 6) is -0.367. The van der Waals surface area contributed by atoms with E-state index in [1.165, 1.54) is 7.11 Å². The summed E-state index contributed by atoms with van der Waals surface area (Å²) in [6.45, 7) is 2.28. The van der Waals surface area contributed by atoms with E-state index in [1.807, 2.05) is 79.7 Å². The van der Waals surface area contributed by atoms with Crippen molar-refractivity contribution in [1.29, 1.82) is 0 Å². The van der Waals surface area contributed by atoms with Crippen molar-refractivity contribution >= 4 is 33.4 Å². The summed E-state index contributed by atoms with van der Waals surface area (Å²) < 4.78 is 12.1. The second-order valence-electron chi connectivity index (χ2n) is 8.24. The predicted octanol–water partition coefficient (Wildman–Crippen LogP) is 5.77. The van der Waals surface area contributed by atoms with E-state index >= 15 is 0 Å². The van der Waals surface area contributed by atoms with Gasteiger partial charge in [-0.2, -0.15) is 0 Å². The van der Waals surface area contributed by atoms with Crippen LogP contribution in [0.25, 0.3) is 5.70 Å². The minimum Gasteiger partial charge on any atom is -0.489 e. The van der Waals surface area contributed by atoms with Crippen molar-refractivity contribution in [2.45, 2.75) is 19.4 Å². The molecule has 6 heteroatoms. The van der Waals surface area contributed by atoms with E-state index in [2.05, 4.69) is 21.2 Å². The molecule has 1 atom stereocenters. The van der Waals surface area contributed by atoms with E-state index in [1.54, 1.807) is 0 Å². The highest BCUT2D eigenvalue weighted by Crippen LogP contribution is 2.46. The summed E-state index contributed by atoms with van der Waals surface area (Å²) in [6, 6.07) is 23.0. The van der Waals surface area contributed by atoms with Gasteiger partial charge in [-0.25, -0.2) is 4.79 Å². The number of allylic oxidation sites excluding steroid dienone is 2. The molecule has 1 aliphatic carbocycles. The molecule has 0 saturated heterocycles. The molecule has 0 bridgehead atoms. The Balaban J connectivity index is 1.49. The Morgan fingerprint density at radius 1 is 0.971 bits per heavy atom. The van der Waals surface area contributed by atoms with Crippen LogP contribution in [0, 0.1) is 0 Å². The van der Waals surface area contributed by atoms with Gasteiger partial charge in [-0.15, -0.1) is 0 Å². The Bertz CT molecular complexity index is 1350. The van der Waals surface area contributed by atoms with Gasteiger partial charge in [0.05, 0.1) is 18.4 Å². The summed E-state index contributed by atoms with van der Waals surface area (Å²) in [6.07, 6.45) is 0. The van der Waals surface area contributed by atoms with Crippen LogP contribution in [-0.2, 0) is 16.1 Å². The van der Waals surface area contributed by atoms with E-state index in [0.717, 1.165) is 26.9 Å². The summed E-state index contributed by atoms with van der Waals surface area (Å²) in [7, 11) is 1.36. The van der Waals surface area contributed by atoms with Crippen LogP contribution in [0.2, 0.25) is 0 Å². The third kappa shape index (κ3) is 3.84. The number of hydrogen-bond acceptors (Lipinski definition) is 5. The average molecular weight is 516 g/mol. The first-order valence-corrected chi connectivity index (χ1v) is 11.7. The lowest BCUT2D eigenvalue weighted by Gasteiger charge is -2.29. The zero-order valence-corrected chi connectivity index (χ0v) is 20.3. The first kappa shape index (κ1) is 22.2. The lowest BCUT2D eigenvalue weighted by molar-refractivity contribution is -0.136. The molecule has 0 aromatic heterocycles. The Morgan fingerprint density at radius 2 is 1.65 bits per heavy atom. The highest BCUT2D eigenvalue weighted by atomic mass is 79.9. The summed E-state index contributed by atoms with van der Waals surface area (Å²) in [4.78, 5) is 26.2. The predicted molar refractivity (Wildman–Crippen MR) is 133 cm³/mol. The van der Waals surface area contributed by atoms with Crippen LogP contribution in [0.5, 0.6) is 5.75 Å². The molecule has 0 spiro atoms. The lowest BCUT2D eigenvalue weighted by Crippen LogP contribution is -2.29. The average Bonchev–Trinajstić information content (AvgIpc) is 3.14. The molecule has 5 nitrogen and oxygen atoms in total. The molecule has 0 fully saturated rings. The number of benzene rings is 3. The number of nitrogens with one attached hydrogen (secondary N) is 1. The van der Waals surface area contributed by atoms with Crippen LogP contribution in [0.15, 0.2) is 94.1 Å². The third-order valence-electron chi connectivity index (χ3n) is 6.19. The molecule has 0 radical (unpaired) electrons. The molecule has 1 N–H and O–H groups in total. The number of halogens is 1. The van der Waals surface area contributed by atoms with Gasteiger partial charge in [0.2, 0.25) is 0 Å². The van der Waals surface area contributed by atoms with Crippen LogP contribution < -0.4 is 10.1 Å². The van der Waals surface area contributed by atoms with E-state index in [-0.39, 0.29) is 5.78 Å². The topological polar surface area (TPSA) is 64.6 Å². The fraction of sp³-hybridized carbons (Fsp3) is 0.143. The van der Waals surface area contributed by atoms with Gasteiger partial charge < -0.3 is 14.8 Å². The van der Waals surface area contributed by atoms with Crippen LogP contribution >= 0.6 is 15.9 Å². The molecule has 3 aromatic carbocycles. The van der Waals surface area contributed by atoms with Gasteiger partial charge in [0.1, 0.15) is 12.4 Å². The maximum absolute atomic E-state index is 13.4. The smallest absolute Gasteiger partial charge is 0.336 e. The largest absolute Gasteiger partial charge is 0.489 e. The quantitative estimate of drug-likeness (QED) is 0.437. The third-order valence-corrected chi connectivity index (χ3v) is 6.72. The first-order valence-electron chi connectivity index (χ1n) is 10.9. The van der Waals surface area contributed by atoms with Gasteiger partial charge in [-0.05, 0) is 42.3 Å². The van der Waals surface area contributed by atoms with Crippen molar-refractivity contribution in [1.82, 2.24) is 5.32 Å². The Kier molecular flexibility index (Phi) is 5.84. The molecule has 1 aliphatic heterocycles. The van der Waals surface area contributed by atoms with E-state index in [0.29, 0.717) is 34.8 Å². The molecular formula is C28H22BrNO4. The fourth-order valence-corrected chi connectivity index (χ4v) is 4.81. The Hall–Kier alpha value is -3.64. The molecular weight excluding hydrogens is 494 g/mol. The normalized spacial score (nSPS) is 16.7. The lowest BCUT2D eigenvalue weighted by atomic mass is 9.80. The monoisotopic (exact) mass is 515 g/mol. The molecule has 5 rings (SSSR count). The van der Waals surface area contributed by atoms with E-state index < -0.39 is 11.9 Å². The Morgan fingerprint density at radius 3 is 2.32 bits per heavy atom. The standard InChI is InChI=1S/C28H22BrNO4/c1-16-23(28(32)33-2)24(25-26(30-16)21-5-3-4-6-22(21)27(25)31)18-9-13-20(14-10-18)34-15-17-7-11-19(29)12-8-17/h3-14,24,30H,15H2,1-2H3/t24-/m0/s1. The van der Waals surface area contributed by atoms with Gasteiger partial charge in [0, 0.05) is 32.8 Å². The molecule has 1 heterocycles. The maximum atomic E-state index is 13.4. The zero-order valence-electron chi connectivity index (χ0n) is 18.7. The highest BCUT2D eigenvalue weighted by molar-refractivity contribution is 9.10. The number of ether oxygens (including phenoxy) is 2. The number of esters is 1. The number of carbonyl (C=O) groups is 2. The van der Waals surface area contributed by atoms with Gasteiger partial charge in [-0.3, -0.25) is 4.79 Å². The Labute approximate surface area is 206 Å². The highest BCUT2D eigenvalue weighted by Gasteiger charge is 2.42. The minimum absolute atomic E-state index is 0.0763. The first-order chi connectivity index (χ1) is 16.5. The second-order valence-corrected chi connectivity index (χ2v) is 9.15. The number of ketones is 1. The maximum Gasteiger partial charge on any atom is 0.336 e. The SMILES string of the molecule is COC(=O)C1=C(C)NC2=C(C(=O)c3ccccc32)[C@H]1c1ccc(OCc2ccc(Br)cc2)cc1. The zero-order chi connectivity index (χ0) is 23.8. The molecule has 0 saturated carbocycles. The number of carbonyl (C=O) groups excluding carboxylic acids is 2. The van der Waals surface area contributed by atoms with Crippen molar-refractivity contribution in [3.05, 3.63) is 116 Å². The summed E-state index contributed by atoms with van der Waals surface area (Å²) in [5.41, 5.74) is 5.81. The van der Waals surface area contributed by atoms with E-state index in [4.69, 9.17) is 9.47 Å². The summed E-state index contributed by atoms with van der Waals surface area (Å²) >= 11 is 3.44. The number of fused-ring (bicyclic) bond motifs is 2. The van der Waals surface area contributed by atoms with Crippen molar-refractivity contribution in [2.24, 2.45) is 0 Å². The number of hydrogen-bond donors (Lipinski definition) is 1. The number of methoxy groups -OCH3 is 1. The van der Waals surface area contributed by atoms with Crippen LogP contribution in [-0.4, -0.2) is 18.9 Å². The fourth-order valence-electron chi connectivity index (χ4n) is 4.55. The molecule has 2 aliphatic rings. The molecule has 34 heavy (non-hydrogen) atoms. The second kappa shape index (κ2) is 8.95. The minimum atomic E-state index is -0.538. The molecule has 0 amide bonds. The van der Waals surface area contributed by atoms with E-state index in [9.17, 15) is 9.59 Å². The molecule has 3 aromatic rings. The van der Waals surface area contributed by atoms with Gasteiger partial charge in [-0.1, -0.05) is 64.5 Å². The van der Waals surface area contributed by atoms with Crippen molar-refractivity contribution in [3.8, 4) is 5.75 Å².